The fraction of sp³-hybridized carbons (Fsp3) is 0.193. The third-order valence-electron chi connectivity index (χ3n) is 17.9. The molecule has 0 atom stereocenters. The van der Waals surface area contributed by atoms with Gasteiger partial charge in [-0.2, -0.15) is 0 Å². The minimum atomic E-state index is -4.14. The Bertz CT molecular complexity index is 5860. The molecule has 5 heterocycles. The second-order valence-corrected chi connectivity index (χ2v) is 32.7. The van der Waals surface area contributed by atoms with Crippen molar-refractivity contribution in [3.05, 3.63) is 300 Å². The monoisotopic (exact) mass is 1630 g/mol. The maximum atomic E-state index is 13.3. The zero-order valence-electron chi connectivity index (χ0n) is 61.1. The zero-order valence-corrected chi connectivity index (χ0v) is 66.6. The van der Waals surface area contributed by atoms with Crippen LogP contribution in [-0.2, 0) is 55.9 Å². The molecule has 0 aliphatic rings. The largest absolute Gasteiger partial charge is 0.494 e. The van der Waals surface area contributed by atoms with Crippen molar-refractivity contribution in [2.75, 3.05) is 19.8 Å². The first kappa shape index (κ1) is 81.3. The quantitative estimate of drug-likeness (QED) is 0.0206. The molecule has 0 aliphatic carbocycles. The van der Waals surface area contributed by atoms with Crippen LogP contribution in [0.15, 0.2) is 221 Å². The molecule has 8 aromatic carbocycles. The highest BCUT2D eigenvalue weighted by molar-refractivity contribution is 7.90. The van der Waals surface area contributed by atoms with Crippen molar-refractivity contribution in [3.8, 4) is 23.0 Å². The van der Waals surface area contributed by atoms with E-state index in [0.29, 0.717) is 76.3 Å². The topological polar surface area (TPSA) is 300 Å². The molecule has 0 saturated carbocycles. The van der Waals surface area contributed by atoms with E-state index in [-0.39, 0.29) is 36.9 Å². The smallest absolute Gasteiger partial charge is 0.281 e. The summed E-state index contributed by atoms with van der Waals surface area (Å²) in [5, 5.41) is 4.75. The number of fused-ring (bicyclic) bond motifs is 3. The first-order chi connectivity index (χ1) is 53.1. The molecule has 0 saturated heterocycles. The lowest BCUT2D eigenvalue weighted by Gasteiger charge is -2.11. The Hall–Kier alpha value is -10.7. The normalized spacial score (nSPS) is 11.5. The molecule has 28 heteroatoms. The number of sulfonamides is 3. The summed E-state index contributed by atoms with van der Waals surface area (Å²) >= 11 is 24.5. The fourth-order valence-electron chi connectivity index (χ4n) is 12.5. The second-order valence-electron chi connectivity index (χ2n) is 26.1. The summed E-state index contributed by atoms with van der Waals surface area (Å²) in [6, 6.07) is 54.5. The van der Waals surface area contributed by atoms with Crippen molar-refractivity contribution >= 4 is 127 Å². The van der Waals surface area contributed by atoms with Crippen molar-refractivity contribution < 1.29 is 58.6 Å². The number of carbonyl (C=O) groups excluding carboxylic acids is 3. The SMILES string of the molecule is Cc1cc(OCCCc2c(C(=O)NS(=O)(=O)c3ccc(OCc4ccccc4)cc3)[nH]c3ccccc23)cc(C)c1Cl.Cc1cc(OCCCc2c(C(=O)NS(=O)(=O)c3ccnc(Cl)c3)[nH]c3ccccc23)cc(C)c1Cl.Cc1cc(OCCCc2c(C(=O)NS(=O)(=O)c3ccncc3)[nH]c3ccccc23)cc(C)c1Cl. The second kappa shape index (κ2) is 36.4. The summed E-state index contributed by atoms with van der Waals surface area (Å²) in [7, 11) is -12.3. The summed E-state index contributed by atoms with van der Waals surface area (Å²) in [6.45, 7) is 13.2. The minimum absolute atomic E-state index is 0.0118. The van der Waals surface area contributed by atoms with Gasteiger partial charge in [-0.05, 0) is 239 Å². The maximum Gasteiger partial charge on any atom is 0.281 e. The molecular formula is C83H78Cl4N8O13S3. The van der Waals surface area contributed by atoms with Crippen molar-refractivity contribution in [2.24, 2.45) is 0 Å². The highest BCUT2D eigenvalue weighted by atomic mass is 35.5. The average molecular weight is 1630 g/mol. The zero-order chi connectivity index (χ0) is 79.2. The Balaban J connectivity index is 0.000000166. The van der Waals surface area contributed by atoms with Gasteiger partial charge in [0.25, 0.3) is 47.8 Å². The number of carbonyl (C=O) groups is 3. The third kappa shape index (κ3) is 20.7. The molecule has 13 rings (SSSR count). The summed E-state index contributed by atoms with van der Waals surface area (Å²) < 4.78 is 107. The van der Waals surface area contributed by atoms with E-state index >= 15 is 0 Å². The van der Waals surface area contributed by atoms with Gasteiger partial charge in [0.1, 0.15) is 51.8 Å². The standard InChI is InChI=1S/C33H31ClN2O5S.C25H23Cl2N3O4S.C25H24ClN3O4S/c1-22-19-26(20-23(2)31(22)34)40-18-8-12-29-28-11-6-7-13-30(28)35-32(29)33(37)36-42(38,39)27-16-14-25(15-17-27)41-21-24-9-4-3-5-10-24;1-15-12-17(13-16(2)23(15)27)34-11-5-7-20-19-6-3-4-8-21(19)29-24(20)25(31)30-35(32,33)18-9-10-28-22(26)14-18;1-16-14-18(15-17(2)23(16)26)33-13-5-7-21-20-6-3-4-8-22(20)28-24(21)25(30)29-34(31,32)19-9-11-27-12-10-19/h3-7,9-11,13-17,19-20,35H,8,12,18,21H2,1-2H3,(H,36,37);3-4,6,8-10,12-14,29H,5,7,11H2,1-2H3,(H,30,31);3-4,6,8-12,14-15,28H,5,7,13H2,1-2H3,(H,29,30). The summed E-state index contributed by atoms with van der Waals surface area (Å²) in [5.74, 6) is 0.516. The lowest BCUT2D eigenvalue weighted by molar-refractivity contribution is 0.0967. The number of halogens is 4. The van der Waals surface area contributed by atoms with Gasteiger partial charge in [0.05, 0.1) is 34.5 Å². The Morgan fingerprint density at radius 2 is 0.694 bits per heavy atom. The van der Waals surface area contributed by atoms with Crippen LogP contribution in [0.1, 0.15) is 106 Å². The first-order valence-corrected chi connectivity index (χ1v) is 41.1. The van der Waals surface area contributed by atoms with Crippen LogP contribution in [0.4, 0.5) is 0 Å². The number of aromatic nitrogens is 5. The molecular weight excluding hydrogens is 1550 g/mol. The predicted molar refractivity (Wildman–Crippen MR) is 434 cm³/mol. The average Bonchev–Trinajstić information content (AvgIpc) is 1.65. The van der Waals surface area contributed by atoms with E-state index < -0.39 is 47.8 Å². The molecule has 111 heavy (non-hydrogen) atoms. The Morgan fingerprint density at radius 3 is 1.05 bits per heavy atom. The highest BCUT2D eigenvalue weighted by Gasteiger charge is 2.28. The molecule has 0 spiro atoms. The van der Waals surface area contributed by atoms with Gasteiger partial charge in [0, 0.05) is 66.4 Å². The fourth-order valence-corrected chi connectivity index (χ4v) is 15.9. The number of rotatable bonds is 27. The summed E-state index contributed by atoms with van der Waals surface area (Å²) in [6.07, 6.45) is 7.35. The Kier molecular flexibility index (Phi) is 26.7. The number of pyridine rings is 2. The number of hydrogen-bond acceptors (Lipinski definition) is 15. The van der Waals surface area contributed by atoms with E-state index in [1.165, 1.54) is 55.0 Å². The summed E-state index contributed by atoms with van der Waals surface area (Å²) in [4.78, 5) is 56.0. The van der Waals surface area contributed by atoms with Gasteiger partial charge >= 0.3 is 0 Å². The van der Waals surface area contributed by atoms with Crippen LogP contribution < -0.4 is 33.1 Å². The van der Waals surface area contributed by atoms with Crippen LogP contribution in [0, 0.1) is 41.5 Å². The van der Waals surface area contributed by atoms with Crippen LogP contribution in [-0.4, -0.2) is 87.7 Å². The number of nitrogens with zero attached hydrogens (tertiary/aromatic N) is 2. The van der Waals surface area contributed by atoms with Crippen molar-refractivity contribution in [1.82, 2.24) is 39.1 Å². The van der Waals surface area contributed by atoms with Gasteiger partial charge in [-0.3, -0.25) is 19.4 Å². The van der Waals surface area contributed by atoms with Gasteiger partial charge in [0.2, 0.25) is 0 Å². The number of benzene rings is 8. The number of hydrogen-bond donors (Lipinski definition) is 6. The third-order valence-corrected chi connectivity index (χ3v) is 23.9. The van der Waals surface area contributed by atoms with Crippen LogP contribution in [0.2, 0.25) is 20.2 Å². The molecule has 0 aliphatic heterocycles. The number of amides is 3. The number of H-pyrrole nitrogens is 3. The number of ether oxygens (including phenoxy) is 4. The lowest BCUT2D eigenvalue weighted by atomic mass is 10.1. The lowest BCUT2D eigenvalue weighted by Crippen LogP contribution is -2.31. The molecule has 3 amide bonds. The Labute approximate surface area is 663 Å². The van der Waals surface area contributed by atoms with E-state index in [4.69, 9.17) is 65.4 Å². The number of aromatic amines is 3. The molecule has 13 aromatic rings. The van der Waals surface area contributed by atoms with Crippen molar-refractivity contribution in [2.45, 2.75) is 101 Å². The first-order valence-electron chi connectivity index (χ1n) is 35.1. The molecule has 0 fully saturated rings. The van der Waals surface area contributed by atoms with Crippen LogP contribution in [0.3, 0.4) is 0 Å². The Morgan fingerprint density at radius 1 is 0.369 bits per heavy atom. The molecule has 5 aromatic heterocycles. The van der Waals surface area contributed by atoms with Gasteiger partial charge in [-0.15, -0.1) is 0 Å². The predicted octanol–water partition coefficient (Wildman–Crippen LogP) is 17.7. The van der Waals surface area contributed by atoms with Crippen LogP contribution in [0.5, 0.6) is 23.0 Å². The minimum Gasteiger partial charge on any atom is -0.494 e. The van der Waals surface area contributed by atoms with E-state index in [0.717, 1.165) is 115 Å². The van der Waals surface area contributed by atoms with E-state index in [9.17, 15) is 39.6 Å². The molecule has 574 valence electrons. The van der Waals surface area contributed by atoms with E-state index in [2.05, 4.69) is 39.1 Å². The van der Waals surface area contributed by atoms with Crippen LogP contribution in [0.25, 0.3) is 32.7 Å². The molecule has 0 radical (unpaired) electrons. The van der Waals surface area contributed by atoms with Gasteiger partial charge in [0.15, 0.2) is 0 Å². The molecule has 0 unspecified atom stereocenters. The van der Waals surface area contributed by atoms with Crippen molar-refractivity contribution in [1.29, 1.82) is 0 Å². The highest BCUT2D eigenvalue weighted by Crippen LogP contribution is 2.33. The number of nitrogens with one attached hydrogen (secondary N) is 6. The van der Waals surface area contributed by atoms with E-state index in [1.807, 2.05) is 181 Å². The van der Waals surface area contributed by atoms with E-state index in [1.54, 1.807) is 12.1 Å². The maximum absolute atomic E-state index is 13.3. The van der Waals surface area contributed by atoms with Crippen molar-refractivity contribution in [3.63, 3.8) is 0 Å². The van der Waals surface area contributed by atoms with Gasteiger partial charge < -0.3 is 33.9 Å². The molecule has 0 bridgehead atoms. The molecule has 6 N–H and O–H groups in total. The van der Waals surface area contributed by atoms with Gasteiger partial charge in [-0.25, -0.2) is 44.4 Å². The summed E-state index contributed by atoms with van der Waals surface area (Å²) in [5.41, 5.74) is 11.7. The number of para-hydroxylation sites is 3. The van der Waals surface area contributed by atoms with Crippen LogP contribution >= 0.6 is 46.4 Å². The molecule has 21 nitrogen and oxygen atoms in total. The number of aryl methyl sites for hydroxylation is 9. The van der Waals surface area contributed by atoms with Gasteiger partial charge in [-0.1, -0.05) is 131 Å².